The van der Waals surface area contributed by atoms with Crippen molar-refractivity contribution in [1.29, 1.82) is 0 Å². The number of carbonyl (C=O) groups is 2. The molecule has 0 aliphatic rings. The second-order valence-corrected chi connectivity index (χ2v) is 4.65. The van der Waals surface area contributed by atoms with Crippen LogP contribution < -0.4 is 0 Å². The molecule has 0 radical (unpaired) electrons. The van der Waals surface area contributed by atoms with Gasteiger partial charge in [-0.3, -0.25) is 9.59 Å². The van der Waals surface area contributed by atoms with Gasteiger partial charge in [-0.1, -0.05) is 60.7 Å². The largest absolute Gasteiger partial charge is 0.331 e. The number of ketones is 1. The van der Waals surface area contributed by atoms with Crippen molar-refractivity contribution in [3.05, 3.63) is 71.8 Å². The molecule has 2 aromatic rings. The van der Waals surface area contributed by atoms with Crippen LogP contribution in [-0.2, 0) is 11.3 Å². The van der Waals surface area contributed by atoms with E-state index in [4.69, 9.17) is 0 Å². The minimum Gasteiger partial charge on any atom is -0.331 e. The second kappa shape index (κ2) is 6.66. The zero-order valence-electron chi connectivity index (χ0n) is 11.5. The van der Waals surface area contributed by atoms with Gasteiger partial charge in [0.15, 0.2) is 5.78 Å². The molecule has 3 nitrogen and oxygen atoms in total. The molecule has 0 atom stereocenters. The molecule has 0 aromatic heterocycles. The maximum Gasteiger partial charge on any atom is 0.220 e. The van der Waals surface area contributed by atoms with Gasteiger partial charge in [0.1, 0.15) is 0 Å². The summed E-state index contributed by atoms with van der Waals surface area (Å²) in [6, 6.07) is 18.7. The lowest BCUT2D eigenvalue weighted by Crippen LogP contribution is -2.33. The summed E-state index contributed by atoms with van der Waals surface area (Å²) in [4.78, 5) is 25.4. The smallest absolute Gasteiger partial charge is 0.220 e. The van der Waals surface area contributed by atoms with Crippen molar-refractivity contribution in [2.75, 3.05) is 6.54 Å². The molecule has 1 amide bonds. The third-order valence-corrected chi connectivity index (χ3v) is 3.09. The number of hydrogen-bond acceptors (Lipinski definition) is 2. The Morgan fingerprint density at radius 3 is 2.00 bits per heavy atom. The lowest BCUT2D eigenvalue weighted by molar-refractivity contribution is -0.128. The van der Waals surface area contributed by atoms with E-state index in [1.54, 1.807) is 17.0 Å². The van der Waals surface area contributed by atoms with Gasteiger partial charge in [0.05, 0.1) is 6.54 Å². The molecule has 2 aromatic carbocycles. The second-order valence-electron chi connectivity index (χ2n) is 4.65. The SMILES string of the molecule is CC(=O)N(CC(=O)c1ccccc1)Cc1ccccc1. The topological polar surface area (TPSA) is 37.4 Å². The first-order valence-corrected chi connectivity index (χ1v) is 6.54. The summed E-state index contributed by atoms with van der Waals surface area (Å²) in [5, 5.41) is 0. The van der Waals surface area contributed by atoms with Crippen molar-refractivity contribution in [3.63, 3.8) is 0 Å². The van der Waals surface area contributed by atoms with Gasteiger partial charge in [0.2, 0.25) is 5.91 Å². The zero-order chi connectivity index (χ0) is 14.4. The lowest BCUT2D eigenvalue weighted by Gasteiger charge is -2.20. The van der Waals surface area contributed by atoms with Crippen LogP contribution in [0.2, 0.25) is 0 Å². The van der Waals surface area contributed by atoms with Crippen LogP contribution in [0.3, 0.4) is 0 Å². The molecular weight excluding hydrogens is 250 g/mol. The predicted octanol–water partition coefficient (Wildman–Crippen LogP) is 2.92. The quantitative estimate of drug-likeness (QED) is 0.781. The Labute approximate surface area is 118 Å². The summed E-state index contributed by atoms with van der Waals surface area (Å²) in [6.45, 7) is 2.05. The molecule has 0 aliphatic heterocycles. The number of benzene rings is 2. The summed E-state index contributed by atoms with van der Waals surface area (Å²) < 4.78 is 0. The molecule has 0 N–H and O–H groups in total. The Hall–Kier alpha value is -2.42. The predicted molar refractivity (Wildman–Crippen MR) is 78.3 cm³/mol. The van der Waals surface area contributed by atoms with Crippen molar-refractivity contribution in [1.82, 2.24) is 4.90 Å². The zero-order valence-corrected chi connectivity index (χ0v) is 11.5. The number of nitrogens with zero attached hydrogens (tertiary/aromatic N) is 1. The van der Waals surface area contributed by atoms with Gasteiger partial charge >= 0.3 is 0 Å². The molecule has 0 spiro atoms. The van der Waals surface area contributed by atoms with E-state index in [0.29, 0.717) is 12.1 Å². The van der Waals surface area contributed by atoms with Crippen LogP contribution >= 0.6 is 0 Å². The number of amides is 1. The Bertz CT molecular complexity index is 578. The summed E-state index contributed by atoms with van der Waals surface area (Å²) in [5.74, 6) is -0.144. The molecule has 0 bridgehead atoms. The van der Waals surface area contributed by atoms with Crippen LogP contribution in [0.1, 0.15) is 22.8 Å². The normalized spacial score (nSPS) is 10.1. The van der Waals surface area contributed by atoms with Crippen LogP contribution in [0.25, 0.3) is 0 Å². The van der Waals surface area contributed by atoms with Crippen molar-refractivity contribution in [2.45, 2.75) is 13.5 Å². The van der Waals surface area contributed by atoms with Crippen molar-refractivity contribution in [3.8, 4) is 0 Å². The van der Waals surface area contributed by atoms with Crippen molar-refractivity contribution < 1.29 is 9.59 Å². The van der Waals surface area contributed by atoms with Gasteiger partial charge in [-0.2, -0.15) is 0 Å². The summed E-state index contributed by atoms with van der Waals surface area (Å²) in [7, 11) is 0. The number of hydrogen-bond donors (Lipinski definition) is 0. The van der Waals surface area contributed by atoms with E-state index < -0.39 is 0 Å². The van der Waals surface area contributed by atoms with Crippen LogP contribution in [-0.4, -0.2) is 23.1 Å². The fourth-order valence-corrected chi connectivity index (χ4v) is 1.97. The van der Waals surface area contributed by atoms with E-state index in [2.05, 4.69) is 0 Å². The van der Waals surface area contributed by atoms with E-state index in [1.165, 1.54) is 6.92 Å². The Kier molecular flexibility index (Phi) is 4.66. The van der Waals surface area contributed by atoms with Gasteiger partial charge in [-0.15, -0.1) is 0 Å². The maximum absolute atomic E-state index is 12.2. The van der Waals surface area contributed by atoms with Gasteiger partial charge in [0.25, 0.3) is 0 Å². The highest BCUT2D eigenvalue weighted by atomic mass is 16.2. The monoisotopic (exact) mass is 267 g/mol. The highest BCUT2D eigenvalue weighted by Gasteiger charge is 2.15. The molecule has 2 rings (SSSR count). The highest BCUT2D eigenvalue weighted by Crippen LogP contribution is 2.07. The van der Waals surface area contributed by atoms with Crippen molar-refractivity contribution in [2.24, 2.45) is 0 Å². The van der Waals surface area contributed by atoms with Gasteiger partial charge in [-0.25, -0.2) is 0 Å². The first kappa shape index (κ1) is 14.0. The van der Waals surface area contributed by atoms with E-state index in [1.807, 2.05) is 48.5 Å². The summed E-state index contributed by atoms with van der Waals surface area (Å²) in [6.07, 6.45) is 0. The molecule has 0 saturated heterocycles. The van der Waals surface area contributed by atoms with Crippen LogP contribution in [0, 0.1) is 0 Å². The van der Waals surface area contributed by atoms with Crippen molar-refractivity contribution >= 4 is 11.7 Å². The van der Waals surface area contributed by atoms with Gasteiger partial charge in [-0.05, 0) is 5.56 Å². The summed E-state index contributed by atoms with van der Waals surface area (Å²) in [5.41, 5.74) is 1.65. The van der Waals surface area contributed by atoms with E-state index >= 15 is 0 Å². The number of carbonyl (C=O) groups excluding carboxylic acids is 2. The number of rotatable bonds is 5. The van der Waals surface area contributed by atoms with Gasteiger partial charge in [0, 0.05) is 19.0 Å². The van der Waals surface area contributed by atoms with E-state index in [0.717, 1.165) is 5.56 Å². The minimum atomic E-state index is -0.0989. The lowest BCUT2D eigenvalue weighted by atomic mass is 10.1. The van der Waals surface area contributed by atoms with E-state index in [9.17, 15) is 9.59 Å². The molecule has 20 heavy (non-hydrogen) atoms. The summed E-state index contributed by atoms with van der Waals surface area (Å²) >= 11 is 0. The molecule has 0 heterocycles. The Balaban J connectivity index is 2.07. The van der Waals surface area contributed by atoms with Crippen LogP contribution in [0.5, 0.6) is 0 Å². The average molecular weight is 267 g/mol. The van der Waals surface area contributed by atoms with Crippen LogP contribution in [0.15, 0.2) is 60.7 Å². The standard InChI is InChI=1S/C17H17NO2/c1-14(19)18(12-15-8-4-2-5-9-15)13-17(20)16-10-6-3-7-11-16/h2-11H,12-13H2,1H3. The fourth-order valence-electron chi connectivity index (χ4n) is 1.97. The van der Waals surface area contributed by atoms with E-state index in [-0.39, 0.29) is 18.2 Å². The molecule has 0 unspecified atom stereocenters. The average Bonchev–Trinajstić information content (AvgIpc) is 2.48. The molecule has 0 saturated carbocycles. The first-order chi connectivity index (χ1) is 9.66. The third-order valence-electron chi connectivity index (χ3n) is 3.09. The number of Topliss-reactive ketones (excluding diaryl/α,β-unsaturated/α-hetero) is 1. The maximum atomic E-state index is 12.2. The molecule has 102 valence electrons. The highest BCUT2D eigenvalue weighted by molar-refractivity contribution is 5.99. The van der Waals surface area contributed by atoms with Crippen LogP contribution in [0.4, 0.5) is 0 Å². The molecule has 0 aliphatic carbocycles. The first-order valence-electron chi connectivity index (χ1n) is 6.54. The molecule has 3 heteroatoms. The Morgan fingerprint density at radius 2 is 1.45 bits per heavy atom. The molecular formula is C17H17NO2. The molecule has 0 fully saturated rings. The Morgan fingerprint density at radius 1 is 0.900 bits per heavy atom. The minimum absolute atomic E-state index is 0.0447. The van der Waals surface area contributed by atoms with Gasteiger partial charge < -0.3 is 4.90 Å². The third kappa shape index (κ3) is 3.79. The fraction of sp³-hybridized carbons (Fsp3) is 0.176.